The fraction of sp³-hybridized carbons (Fsp3) is 0.174. The number of pyridine rings is 1. The smallest absolute Gasteiger partial charge is 0.260 e. The van der Waals surface area contributed by atoms with Crippen molar-refractivity contribution in [3.8, 4) is 22.6 Å². The van der Waals surface area contributed by atoms with Gasteiger partial charge in [-0.1, -0.05) is 0 Å². The van der Waals surface area contributed by atoms with Crippen molar-refractivity contribution < 1.29 is 21.9 Å². The SMILES string of the molecule is CCS(=O)(=O)Nc1ccc(Oc2ccc(F)cc2F)c(-c2cn(C)c(=O)c3c(C)c[nH]c23)c1. The van der Waals surface area contributed by atoms with Crippen LogP contribution in [0.25, 0.3) is 22.0 Å². The van der Waals surface area contributed by atoms with Crippen LogP contribution in [0.4, 0.5) is 14.5 Å². The predicted molar refractivity (Wildman–Crippen MR) is 123 cm³/mol. The van der Waals surface area contributed by atoms with Gasteiger partial charge >= 0.3 is 0 Å². The Bertz CT molecular complexity index is 1540. The van der Waals surface area contributed by atoms with Gasteiger partial charge in [0.1, 0.15) is 11.6 Å². The lowest BCUT2D eigenvalue weighted by molar-refractivity contribution is 0.439. The number of ether oxygens (including phenoxy) is 1. The zero-order valence-corrected chi connectivity index (χ0v) is 18.9. The molecule has 0 saturated heterocycles. The van der Waals surface area contributed by atoms with Crippen molar-refractivity contribution in [2.75, 3.05) is 10.5 Å². The fourth-order valence-electron chi connectivity index (χ4n) is 3.53. The van der Waals surface area contributed by atoms with Crippen LogP contribution in [-0.2, 0) is 17.1 Å². The Hall–Kier alpha value is -3.66. The number of anilines is 1. The summed E-state index contributed by atoms with van der Waals surface area (Å²) in [6.07, 6.45) is 3.28. The minimum absolute atomic E-state index is 0.124. The van der Waals surface area contributed by atoms with E-state index in [2.05, 4.69) is 9.71 Å². The van der Waals surface area contributed by atoms with Crippen LogP contribution in [0.1, 0.15) is 12.5 Å². The molecule has 172 valence electrons. The lowest BCUT2D eigenvalue weighted by Gasteiger charge is -2.16. The molecule has 7 nitrogen and oxygen atoms in total. The van der Waals surface area contributed by atoms with Crippen LogP contribution >= 0.6 is 0 Å². The van der Waals surface area contributed by atoms with Crippen molar-refractivity contribution in [3.63, 3.8) is 0 Å². The summed E-state index contributed by atoms with van der Waals surface area (Å²) in [6, 6.07) is 7.44. The Morgan fingerprint density at radius 1 is 1.09 bits per heavy atom. The minimum atomic E-state index is -3.56. The Balaban J connectivity index is 1.95. The molecule has 0 atom stereocenters. The van der Waals surface area contributed by atoms with E-state index < -0.39 is 21.7 Å². The summed E-state index contributed by atoms with van der Waals surface area (Å²) in [5.41, 5.74) is 2.26. The third kappa shape index (κ3) is 4.34. The number of hydrogen-bond donors (Lipinski definition) is 2. The van der Waals surface area contributed by atoms with Crippen LogP contribution < -0.4 is 15.0 Å². The first-order chi connectivity index (χ1) is 15.6. The number of nitrogens with one attached hydrogen (secondary N) is 2. The molecule has 0 aliphatic rings. The lowest BCUT2D eigenvalue weighted by Crippen LogP contribution is -2.17. The second-order valence-electron chi connectivity index (χ2n) is 7.57. The maximum atomic E-state index is 14.3. The Kier molecular flexibility index (Phi) is 5.71. The summed E-state index contributed by atoms with van der Waals surface area (Å²) in [7, 11) is -1.96. The zero-order valence-electron chi connectivity index (χ0n) is 18.1. The van der Waals surface area contributed by atoms with Gasteiger partial charge in [0.2, 0.25) is 10.0 Å². The number of aromatic nitrogens is 2. The molecule has 0 bridgehead atoms. The van der Waals surface area contributed by atoms with Gasteiger partial charge in [0.05, 0.1) is 16.7 Å². The Morgan fingerprint density at radius 3 is 2.52 bits per heavy atom. The largest absolute Gasteiger partial charge is 0.454 e. The molecular formula is C23H21F2N3O4S. The van der Waals surface area contributed by atoms with E-state index in [0.29, 0.717) is 28.1 Å². The molecule has 0 spiro atoms. The van der Waals surface area contributed by atoms with Crippen LogP contribution in [0.5, 0.6) is 11.5 Å². The topological polar surface area (TPSA) is 93.2 Å². The molecule has 2 aromatic carbocycles. The standard InChI is InChI=1S/C23H21F2N3O4S/c1-4-33(30,31)27-15-6-8-19(32-20-7-5-14(24)9-18(20)25)16(10-15)17-12-28(3)23(29)21-13(2)11-26-22(17)21/h5-12,26-27H,4H2,1-3H3. The molecule has 0 fully saturated rings. The second-order valence-corrected chi connectivity index (χ2v) is 9.58. The molecule has 0 aliphatic carbocycles. The van der Waals surface area contributed by atoms with E-state index in [1.807, 2.05) is 0 Å². The highest BCUT2D eigenvalue weighted by atomic mass is 32.2. The van der Waals surface area contributed by atoms with Gasteiger partial charge in [0.25, 0.3) is 5.56 Å². The van der Waals surface area contributed by atoms with Crippen LogP contribution in [0.2, 0.25) is 0 Å². The summed E-state index contributed by atoms with van der Waals surface area (Å²) >= 11 is 0. The zero-order chi connectivity index (χ0) is 23.9. The fourth-order valence-corrected chi connectivity index (χ4v) is 4.16. The summed E-state index contributed by atoms with van der Waals surface area (Å²) in [6.45, 7) is 3.30. The highest BCUT2D eigenvalue weighted by molar-refractivity contribution is 7.92. The number of benzene rings is 2. The minimum Gasteiger partial charge on any atom is -0.454 e. The summed E-state index contributed by atoms with van der Waals surface area (Å²) in [5.74, 6) is -1.78. The number of aryl methyl sites for hydroxylation is 2. The molecule has 0 unspecified atom stereocenters. The monoisotopic (exact) mass is 473 g/mol. The highest BCUT2D eigenvalue weighted by Gasteiger charge is 2.19. The first-order valence-electron chi connectivity index (χ1n) is 10.0. The average molecular weight is 474 g/mol. The molecule has 4 aromatic rings. The number of sulfonamides is 1. The van der Waals surface area contributed by atoms with Gasteiger partial charge in [-0.15, -0.1) is 0 Å². The highest BCUT2D eigenvalue weighted by Crippen LogP contribution is 2.39. The molecule has 0 radical (unpaired) electrons. The molecule has 4 rings (SSSR count). The van der Waals surface area contributed by atoms with Crippen LogP contribution in [0, 0.1) is 18.6 Å². The first-order valence-corrected chi connectivity index (χ1v) is 11.7. The van der Waals surface area contributed by atoms with E-state index >= 15 is 0 Å². The van der Waals surface area contributed by atoms with Crippen molar-refractivity contribution in [2.45, 2.75) is 13.8 Å². The molecule has 0 aliphatic heterocycles. The normalized spacial score (nSPS) is 11.7. The second kappa shape index (κ2) is 8.36. The Labute approximate surface area is 188 Å². The number of nitrogens with zero attached hydrogens (tertiary/aromatic N) is 1. The van der Waals surface area contributed by atoms with E-state index in [0.717, 1.165) is 17.7 Å². The lowest BCUT2D eigenvalue weighted by atomic mass is 10.0. The van der Waals surface area contributed by atoms with Crippen molar-refractivity contribution in [1.82, 2.24) is 9.55 Å². The van der Waals surface area contributed by atoms with Crippen LogP contribution in [0.3, 0.4) is 0 Å². The third-order valence-corrected chi connectivity index (χ3v) is 6.55. The molecule has 2 N–H and O–H groups in total. The molecule has 2 heterocycles. The van der Waals surface area contributed by atoms with Crippen molar-refractivity contribution >= 4 is 26.6 Å². The van der Waals surface area contributed by atoms with E-state index in [1.165, 1.54) is 23.6 Å². The summed E-state index contributed by atoms with van der Waals surface area (Å²) in [5, 5.41) is 0.466. The number of fused-ring (bicyclic) bond motifs is 1. The van der Waals surface area contributed by atoms with E-state index in [9.17, 15) is 22.0 Å². The third-order valence-electron chi connectivity index (χ3n) is 5.24. The van der Waals surface area contributed by atoms with Gasteiger partial charge in [0.15, 0.2) is 11.6 Å². The van der Waals surface area contributed by atoms with Crippen molar-refractivity contribution in [1.29, 1.82) is 0 Å². The predicted octanol–water partition coefficient (Wildman–Crippen LogP) is 4.67. The van der Waals surface area contributed by atoms with Crippen molar-refractivity contribution in [3.05, 3.63) is 76.3 Å². The quantitative estimate of drug-likeness (QED) is 0.426. The number of halogens is 2. The van der Waals surface area contributed by atoms with Gasteiger partial charge in [-0.05, 0) is 49.7 Å². The van der Waals surface area contributed by atoms with Gasteiger partial charge < -0.3 is 14.3 Å². The number of rotatable bonds is 6. The molecular weight excluding hydrogens is 452 g/mol. The summed E-state index contributed by atoms with van der Waals surface area (Å²) < 4.78 is 61.5. The van der Waals surface area contributed by atoms with Gasteiger partial charge in [-0.3, -0.25) is 9.52 Å². The average Bonchev–Trinajstić information content (AvgIpc) is 3.15. The number of H-pyrrole nitrogens is 1. The van der Waals surface area contributed by atoms with Gasteiger partial charge in [0, 0.05) is 42.3 Å². The molecule has 10 heteroatoms. The van der Waals surface area contributed by atoms with Crippen LogP contribution in [0.15, 0.2) is 53.6 Å². The van der Waals surface area contributed by atoms with E-state index in [1.54, 1.807) is 32.4 Å². The van der Waals surface area contributed by atoms with E-state index in [-0.39, 0.29) is 28.5 Å². The first kappa shape index (κ1) is 22.5. The maximum Gasteiger partial charge on any atom is 0.260 e. The molecule has 2 aromatic heterocycles. The van der Waals surface area contributed by atoms with Gasteiger partial charge in [-0.25, -0.2) is 17.2 Å². The molecule has 0 saturated carbocycles. The number of hydrogen-bond acceptors (Lipinski definition) is 4. The summed E-state index contributed by atoms with van der Waals surface area (Å²) in [4.78, 5) is 15.8. The Morgan fingerprint density at radius 2 is 1.82 bits per heavy atom. The van der Waals surface area contributed by atoms with Gasteiger partial charge in [-0.2, -0.15) is 0 Å². The molecule has 0 amide bonds. The van der Waals surface area contributed by atoms with E-state index in [4.69, 9.17) is 4.74 Å². The van der Waals surface area contributed by atoms with Crippen LogP contribution in [-0.4, -0.2) is 23.7 Å². The maximum absolute atomic E-state index is 14.3. The van der Waals surface area contributed by atoms with Crippen molar-refractivity contribution in [2.24, 2.45) is 7.05 Å². The molecule has 33 heavy (non-hydrogen) atoms. The number of aromatic amines is 1.